The minimum absolute atomic E-state index is 0. The molecule has 8 heavy (non-hydrogen) atoms. The minimum Gasteiger partial charge on any atom is -0.231 e. The molecular formula is C5H4CsNS. The van der Waals surface area contributed by atoms with E-state index in [1.807, 2.05) is 12.5 Å². The van der Waals surface area contributed by atoms with Crippen molar-refractivity contribution in [3.8, 4) is 6.07 Å². The normalized spacial score (nSPS) is 15.1. The Kier molecular flexibility index (Phi) is 6.29. The summed E-state index contributed by atoms with van der Waals surface area (Å²) in [6.07, 6.45) is 3.84. The standard InChI is InChI=1S/C5H4NS.Cs/c6-4-5-2-1-3-7-5;/h1-2H,3H2;/q-1;+1. The second kappa shape index (κ2) is 5.30. The van der Waals surface area contributed by atoms with Crippen molar-refractivity contribution in [2.75, 3.05) is 5.75 Å². The van der Waals surface area contributed by atoms with Crippen molar-refractivity contribution in [1.82, 2.24) is 0 Å². The predicted octanol–water partition coefficient (Wildman–Crippen LogP) is -1.65. The summed E-state index contributed by atoms with van der Waals surface area (Å²) in [4.78, 5) is 0.833. The van der Waals surface area contributed by atoms with Crippen molar-refractivity contribution < 1.29 is 68.9 Å². The van der Waals surface area contributed by atoms with Crippen molar-refractivity contribution in [2.45, 2.75) is 0 Å². The Morgan fingerprint density at radius 2 is 2.62 bits per heavy atom. The van der Waals surface area contributed by atoms with Gasteiger partial charge in [-0.05, 0) is 0 Å². The van der Waals surface area contributed by atoms with Gasteiger partial charge in [-0.2, -0.15) is 0 Å². The summed E-state index contributed by atoms with van der Waals surface area (Å²) >= 11 is 1.59. The molecule has 36 valence electrons. The van der Waals surface area contributed by atoms with Crippen molar-refractivity contribution in [2.24, 2.45) is 0 Å². The molecule has 0 aliphatic carbocycles. The number of hydrogen-bond donors (Lipinski definition) is 0. The molecule has 0 spiro atoms. The molecule has 1 aliphatic rings. The summed E-state index contributed by atoms with van der Waals surface area (Å²) in [5, 5.41) is 8.21. The van der Waals surface area contributed by atoms with Gasteiger partial charge in [-0.3, -0.25) is 0 Å². The van der Waals surface area contributed by atoms with E-state index in [1.54, 1.807) is 11.8 Å². The number of hydrogen-bond acceptors (Lipinski definition) is 2. The number of rotatable bonds is 0. The van der Waals surface area contributed by atoms with Crippen molar-refractivity contribution in [3.05, 3.63) is 17.4 Å². The minimum atomic E-state index is 0. The molecular weight excluding hydrogens is 239 g/mol. The van der Waals surface area contributed by atoms with Crippen molar-refractivity contribution >= 4 is 11.8 Å². The summed E-state index contributed by atoms with van der Waals surface area (Å²) in [7, 11) is 0. The Bertz CT molecular complexity index is 136. The van der Waals surface area contributed by atoms with Crippen molar-refractivity contribution in [1.29, 1.82) is 5.26 Å². The van der Waals surface area contributed by atoms with Crippen LogP contribution in [0.25, 0.3) is 0 Å². The molecule has 0 radical (unpaired) electrons. The Morgan fingerprint density at radius 3 is 2.88 bits per heavy atom. The zero-order valence-electron chi connectivity index (χ0n) is 4.72. The van der Waals surface area contributed by atoms with Crippen LogP contribution in [0.15, 0.2) is 11.0 Å². The molecule has 0 aromatic heterocycles. The van der Waals surface area contributed by atoms with E-state index in [0.717, 1.165) is 10.7 Å². The van der Waals surface area contributed by atoms with Crippen LogP contribution in [0, 0.1) is 17.8 Å². The first-order chi connectivity index (χ1) is 3.43. The van der Waals surface area contributed by atoms with E-state index in [-0.39, 0.29) is 68.9 Å². The monoisotopic (exact) mass is 243 g/mol. The predicted molar refractivity (Wildman–Crippen MR) is 30.5 cm³/mol. The van der Waals surface area contributed by atoms with E-state index in [9.17, 15) is 0 Å². The molecule has 3 heteroatoms. The number of nitrogens with zero attached hydrogens (tertiary/aromatic N) is 1. The molecule has 1 rings (SSSR count). The fourth-order valence-electron chi connectivity index (χ4n) is 0.411. The average Bonchev–Trinajstić information content (AvgIpc) is 2.14. The smallest absolute Gasteiger partial charge is 0.231 e. The quantitative estimate of drug-likeness (QED) is 0.476. The maximum atomic E-state index is 8.21. The fourth-order valence-corrected chi connectivity index (χ4v) is 1.04. The van der Waals surface area contributed by atoms with Crippen LogP contribution in [0.5, 0.6) is 0 Å². The van der Waals surface area contributed by atoms with Gasteiger partial charge in [0, 0.05) is 6.07 Å². The Morgan fingerprint density at radius 1 is 1.88 bits per heavy atom. The molecule has 1 aliphatic heterocycles. The van der Waals surface area contributed by atoms with E-state index in [2.05, 4.69) is 6.07 Å². The van der Waals surface area contributed by atoms with Gasteiger partial charge in [0.2, 0.25) is 0 Å². The van der Waals surface area contributed by atoms with Gasteiger partial charge in [-0.25, -0.2) is 29.5 Å². The van der Waals surface area contributed by atoms with Gasteiger partial charge in [0.25, 0.3) is 0 Å². The summed E-state index contributed by atoms with van der Waals surface area (Å²) in [6, 6.07) is 2.06. The maximum absolute atomic E-state index is 8.21. The fraction of sp³-hybridized carbons (Fsp3) is 0.200. The average molecular weight is 243 g/mol. The zero-order chi connectivity index (χ0) is 5.11. The molecule has 0 N–H and O–H groups in total. The van der Waals surface area contributed by atoms with Gasteiger partial charge in [0.05, 0.1) is 0 Å². The van der Waals surface area contributed by atoms with E-state index in [4.69, 9.17) is 5.26 Å². The van der Waals surface area contributed by atoms with Gasteiger partial charge in [-0.1, -0.05) is 10.7 Å². The van der Waals surface area contributed by atoms with E-state index in [1.165, 1.54) is 0 Å². The number of nitriles is 1. The largest absolute Gasteiger partial charge is 1.00 e. The Hall–Kier alpha value is 1.50. The third kappa shape index (κ3) is 2.88. The molecule has 0 unspecified atom stereocenters. The molecule has 1 heterocycles. The third-order valence-corrected chi connectivity index (χ3v) is 1.61. The zero-order valence-corrected chi connectivity index (χ0v) is 11.8. The maximum Gasteiger partial charge on any atom is 1.00 e. The topological polar surface area (TPSA) is 23.8 Å². The van der Waals surface area contributed by atoms with Crippen LogP contribution in [-0.2, 0) is 0 Å². The van der Waals surface area contributed by atoms with E-state index < -0.39 is 0 Å². The molecule has 0 aromatic rings. The number of thioether (sulfide) groups is 1. The molecule has 0 saturated heterocycles. The molecule has 0 saturated carbocycles. The van der Waals surface area contributed by atoms with Gasteiger partial charge < -0.3 is 0 Å². The number of allylic oxidation sites excluding steroid dienone is 2. The van der Waals surface area contributed by atoms with Gasteiger partial charge in [-0.15, -0.1) is 0 Å². The first kappa shape index (κ1) is 9.50. The SMILES string of the molecule is N#CC1=C[CH-]CS1.[Cs+]. The molecule has 0 atom stereocenters. The molecule has 1 nitrogen and oxygen atoms in total. The summed E-state index contributed by atoms with van der Waals surface area (Å²) in [5.74, 6) is 0.975. The van der Waals surface area contributed by atoms with Crippen LogP contribution in [0.3, 0.4) is 0 Å². The second-order valence-corrected chi connectivity index (χ2v) is 2.25. The van der Waals surface area contributed by atoms with Crippen LogP contribution in [0.1, 0.15) is 0 Å². The van der Waals surface area contributed by atoms with Crippen LogP contribution < -0.4 is 68.9 Å². The molecule has 0 bridgehead atoms. The van der Waals surface area contributed by atoms with Gasteiger partial charge in [0.15, 0.2) is 0 Å². The molecule has 0 amide bonds. The van der Waals surface area contributed by atoms with E-state index >= 15 is 0 Å². The van der Waals surface area contributed by atoms with Crippen LogP contribution in [0.2, 0.25) is 0 Å². The second-order valence-electron chi connectivity index (χ2n) is 1.19. The summed E-state index contributed by atoms with van der Waals surface area (Å²) in [6.45, 7) is 0. The van der Waals surface area contributed by atoms with E-state index in [0.29, 0.717) is 0 Å². The Labute approximate surface area is 112 Å². The van der Waals surface area contributed by atoms with Crippen LogP contribution >= 0.6 is 11.8 Å². The first-order valence-electron chi connectivity index (χ1n) is 2.00. The first-order valence-corrected chi connectivity index (χ1v) is 2.98. The van der Waals surface area contributed by atoms with Crippen molar-refractivity contribution in [3.63, 3.8) is 0 Å². The Balaban J connectivity index is 0.000000490. The third-order valence-electron chi connectivity index (χ3n) is 0.714. The molecule has 0 aromatic carbocycles. The van der Waals surface area contributed by atoms with Crippen LogP contribution in [-0.4, -0.2) is 5.75 Å². The summed E-state index contributed by atoms with van der Waals surface area (Å²) in [5.41, 5.74) is 0. The van der Waals surface area contributed by atoms with Crippen LogP contribution in [0.4, 0.5) is 0 Å². The van der Waals surface area contributed by atoms with Gasteiger partial charge in [0.1, 0.15) is 0 Å². The van der Waals surface area contributed by atoms with Gasteiger partial charge >= 0.3 is 68.9 Å². The summed E-state index contributed by atoms with van der Waals surface area (Å²) < 4.78 is 0. The molecule has 0 fully saturated rings.